The molecule has 4 fully saturated rings. The molecule has 442 valence electrons. The lowest BCUT2D eigenvalue weighted by atomic mass is 9.84. The number of ether oxygens (including phenoxy) is 2. The second-order valence-electron chi connectivity index (χ2n) is 22.9. The number of nitrogens with zero attached hydrogens (tertiary/aromatic N) is 8. The first-order valence-electron chi connectivity index (χ1n) is 26.9. The highest BCUT2D eigenvalue weighted by atomic mass is 35.5. The van der Waals surface area contributed by atoms with Gasteiger partial charge in [0.1, 0.15) is 30.5 Å². The molecule has 5 aliphatic rings. The Balaban J connectivity index is 1.13. The standard InChI is InChI=1S/C54H65ClF8N10O7S/c1-29(2)43(71-13-10-52(50(71)78)9-12-70(25-52)48(76)45(55)57)46(74)66-38-21-41-65-39(24-81-41)33-19-32-35(22-51(4,5)28-80-49(77)37-8-7-11-73(67-37)47(38)75)44(72(27-54(61,62)63)40(32)20-36(33)56)34-18-31(23-64-42(34)30(3)79-6)69-16-14-68(15-17-69)26-53(58,59)60/h18-20,23-24,29-30,37-38,43,45,67H,7-17,21-22,25-28H2,1-6H3,(H,66,74)/t30-,37-,38-,43-,45-,52-/m0/s1. The van der Waals surface area contributed by atoms with E-state index in [9.17, 15) is 41.5 Å². The highest BCUT2D eigenvalue weighted by molar-refractivity contribution is 7.10. The number of rotatable bonds is 11. The van der Waals surface area contributed by atoms with Gasteiger partial charge in [-0.2, -0.15) is 26.3 Å². The molecule has 2 N–H and O–H groups in total. The minimum Gasteiger partial charge on any atom is -0.464 e. The minimum atomic E-state index is -4.86. The molecule has 0 unspecified atom stereocenters. The number of amides is 4. The molecule has 1 aromatic carbocycles. The number of halogens is 9. The van der Waals surface area contributed by atoms with E-state index in [2.05, 4.69) is 10.7 Å². The molecule has 0 saturated carbocycles. The Morgan fingerprint density at radius 3 is 2.33 bits per heavy atom. The predicted molar refractivity (Wildman–Crippen MR) is 284 cm³/mol. The zero-order valence-electron chi connectivity index (χ0n) is 45.6. The number of thiazole rings is 1. The maximum Gasteiger partial charge on any atom is 0.406 e. The van der Waals surface area contributed by atoms with Crippen molar-refractivity contribution in [3.8, 4) is 22.5 Å². The number of aromatic nitrogens is 3. The van der Waals surface area contributed by atoms with E-state index < -0.39 is 107 Å². The molecule has 4 aromatic rings. The molecule has 17 nitrogen and oxygen atoms in total. The lowest BCUT2D eigenvalue weighted by molar-refractivity contribution is -0.155. The lowest BCUT2D eigenvalue weighted by Gasteiger charge is -2.37. The molecule has 5 aliphatic heterocycles. The van der Waals surface area contributed by atoms with Crippen LogP contribution in [0.25, 0.3) is 33.4 Å². The van der Waals surface area contributed by atoms with E-state index in [-0.39, 0.29) is 135 Å². The van der Waals surface area contributed by atoms with Crippen LogP contribution >= 0.6 is 22.9 Å². The number of hydrogen-bond donors (Lipinski definition) is 2. The number of hydrazine groups is 1. The second kappa shape index (κ2) is 23.2. The average molecular weight is 1190 g/mol. The van der Waals surface area contributed by atoms with Gasteiger partial charge in [0.25, 0.3) is 17.4 Å². The summed E-state index contributed by atoms with van der Waals surface area (Å²) in [5.74, 6) is -4.87. The van der Waals surface area contributed by atoms with Crippen LogP contribution in [0.5, 0.6) is 0 Å². The van der Waals surface area contributed by atoms with Gasteiger partial charge >= 0.3 is 18.3 Å². The maximum absolute atomic E-state index is 17.0. The monoisotopic (exact) mass is 1180 g/mol. The smallest absolute Gasteiger partial charge is 0.406 e. The van der Waals surface area contributed by atoms with Crippen molar-refractivity contribution in [1.29, 1.82) is 0 Å². The van der Waals surface area contributed by atoms with Crippen molar-refractivity contribution in [2.45, 2.75) is 122 Å². The summed E-state index contributed by atoms with van der Waals surface area (Å²) in [5.41, 5.74) is -0.419. The van der Waals surface area contributed by atoms with E-state index >= 15 is 17.6 Å². The van der Waals surface area contributed by atoms with Crippen molar-refractivity contribution < 1.29 is 68.6 Å². The van der Waals surface area contributed by atoms with Crippen LogP contribution in [-0.2, 0) is 52.8 Å². The van der Waals surface area contributed by atoms with Crippen LogP contribution in [0.3, 0.4) is 0 Å². The summed E-state index contributed by atoms with van der Waals surface area (Å²) < 4.78 is 129. The Kier molecular flexibility index (Phi) is 17.1. The number of methoxy groups -OCH3 is 1. The number of likely N-dealkylation sites (tertiary alicyclic amines) is 2. The van der Waals surface area contributed by atoms with E-state index in [0.29, 0.717) is 17.7 Å². The van der Waals surface area contributed by atoms with Crippen molar-refractivity contribution in [3.63, 3.8) is 0 Å². The number of benzene rings is 1. The number of hydrogen-bond acceptors (Lipinski definition) is 13. The van der Waals surface area contributed by atoms with E-state index in [4.69, 9.17) is 31.0 Å². The van der Waals surface area contributed by atoms with Crippen LogP contribution in [0.1, 0.15) is 82.7 Å². The van der Waals surface area contributed by atoms with Gasteiger partial charge in [-0.3, -0.25) is 38.9 Å². The van der Waals surface area contributed by atoms with Crippen molar-refractivity contribution in [2.24, 2.45) is 16.7 Å². The van der Waals surface area contributed by atoms with Gasteiger partial charge in [-0.25, -0.2) is 19.2 Å². The number of fused-ring (bicyclic) bond motifs is 6. The molecule has 8 heterocycles. The summed E-state index contributed by atoms with van der Waals surface area (Å²) in [4.78, 5) is 85.5. The third-order valence-electron chi connectivity index (χ3n) is 16.1. The summed E-state index contributed by atoms with van der Waals surface area (Å²) in [7, 11) is 1.40. The van der Waals surface area contributed by atoms with Gasteiger partial charge in [0.05, 0.1) is 64.2 Å². The van der Waals surface area contributed by atoms with E-state index in [0.717, 1.165) is 22.0 Å². The second-order valence-corrected chi connectivity index (χ2v) is 24.3. The molecule has 6 bridgehead atoms. The van der Waals surface area contributed by atoms with Gasteiger partial charge in [-0.1, -0.05) is 39.3 Å². The Labute approximate surface area is 471 Å². The zero-order valence-corrected chi connectivity index (χ0v) is 47.2. The molecule has 4 saturated heterocycles. The van der Waals surface area contributed by atoms with Crippen LogP contribution in [0.4, 0.5) is 40.8 Å². The Morgan fingerprint density at radius 2 is 1.67 bits per heavy atom. The molecule has 9 rings (SSSR count). The third-order valence-corrected chi connectivity index (χ3v) is 17.1. The summed E-state index contributed by atoms with van der Waals surface area (Å²) in [6, 6.07) is 0.502. The topological polar surface area (TPSA) is 175 Å². The number of anilines is 1. The highest BCUT2D eigenvalue weighted by Crippen LogP contribution is 2.46. The van der Waals surface area contributed by atoms with Gasteiger partial charge in [0, 0.05) is 93.2 Å². The molecule has 0 radical (unpaired) electrons. The SMILES string of the molecule is CO[C@@H](C)c1ncc(N2CCN(CC(F)(F)F)CC2)cc1-c1c2c3cc(c(F)cc3n1CC(F)(F)F)-c1csc(n1)C[C@H](NC(=O)[C@H](C(C)C)N1CC[C@]3(CCN(C(=O)[C@H](F)Cl)C3)C1=O)C(=O)N1CCC[C@H](N1)C(=O)OCC(C)(C)C2. The van der Waals surface area contributed by atoms with Gasteiger partial charge in [-0.15, -0.1) is 11.3 Å². The number of carbonyl (C=O) groups excluding carboxylic acids is 5. The Hall–Kier alpha value is -5.70. The van der Waals surface area contributed by atoms with Gasteiger partial charge in [0.2, 0.25) is 11.8 Å². The lowest BCUT2D eigenvalue weighted by Crippen LogP contribution is -2.62. The van der Waals surface area contributed by atoms with E-state index in [1.165, 1.54) is 44.5 Å². The predicted octanol–water partition coefficient (Wildman–Crippen LogP) is 7.58. The number of cyclic esters (lactones) is 1. The van der Waals surface area contributed by atoms with Crippen LogP contribution in [0.2, 0.25) is 0 Å². The first-order chi connectivity index (χ1) is 38.1. The van der Waals surface area contributed by atoms with Crippen LogP contribution in [0, 0.1) is 22.6 Å². The first kappa shape index (κ1) is 59.9. The number of esters is 1. The van der Waals surface area contributed by atoms with Crippen LogP contribution in [-0.4, -0.2) is 173 Å². The molecular formula is C54H65ClF8N10O7S. The number of alkyl halides is 8. The van der Waals surface area contributed by atoms with Gasteiger partial charge in [0.15, 0.2) is 0 Å². The number of nitrogens with one attached hydrogen (secondary N) is 2. The summed E-state index contributed by atoms with van der Waals surface area (Å²) >= 11 is 6.50. The summed E-state index contributed by atoms with van der Waals surface area (Å²) in [6.07, 6.45) is -7.83. The maximum atomic E-state index is 17.0. The number of pyridine rings is 1. The molecule has 6 atom stereocenters. The summed E-state index contributed by atoms with van der Waals surface area (Å²) in [5, 5.41) is 6.06. The van der Waals surface area contributed by atoms with Gasteiger partial charge < -0.3 is 34.1 Å². The normalized spacial score (nSPS) is 23.6. The van der Waals surface area contributed by atoms with E-state index in [1.54, 1.807) is 45.6 Å². The quantitative estimate of drug-likeness (QED) is 0.0858. The molecular weight excluding hydrogens is 1120 g/mol. The van der Waals surface area contributed by atoms with Crippen molar-refractivity contribution in [3.05, 3.63) is 51.9 Å². The van der Waals surface area contributed by atoms with Crippen molar-refractivity contribution >= 4 is 69.1 Å². The molecule has 81 heavy (non-hydrogen) atoms. The largest absolute Gasteiger partial charge is 0.464 e. The zero-order chi connectivity index (χ0) is 58.7. The van der Waals surface area contributed by atoms with Crippen LogP contribution in [0.15, 0.2) is 29.8 Å². The Bertz CT molecular complexity index is 3060. The number of piperazine rings is 1. The fourth-order valence-electron chi connectivity index (χ4n) is 12.0. The fourth-order valence-corrected chi connectivity index (χ4v) is 13.0. The Morgan fingerprint density at radius 1 is 0.963 bits per heavy atom. The molecule has 1 spiro atoms. The van der Waals surface area contributed by atoms with Crippen LogP contribution < -0.4 is 15.6 Å². The molecule has 3 aromatic heterocycles. The molecule has 27 heteroatoms. The highest BCUT2D eigenvalue weighted by Gasteiger charge is 2.55. The molecule has 0 aliphatic carbocycles. The van der Waals surface area contributed by atoms with Gasteiger partial charge in [-0.05, 0) is 68.7 Å². The first-order valence-corrected chi connectivity index (χ1v) is 28.2. The fraction of sp³-hybridized carbons (Fsp3) is 0.611. The third kappa shape index (κ3) is 12.8. The van der Waals surface area contributed by atoms with Crippen molar-refractivity contribution in [2.75, 3.05) is 77.5 Å². The average Bonchev–Trinajstić information content (AvgIpc) is 2.84. The minimum absolute atomic E-state index is 0.0179. The molecule has 4 amide bonds. The number of carbonyl (C=O) groups is 5. The summed E-state index contributed by atoms with van der Waals surface area (Å²) in [6.45, 7) is 6.31. The van der Waals surface area contributed by atoms with E-state index in [1.807, 2.05) is 0 Å². The van der Waals surface area contributed by atoms with Crippen molar-refractivity contribution in [1.82, 2.24) is 45.0 Å².